The Morgan fingerprint density at radius 3 is 2.66 bits per heavy atom. The van der Waals surface area contributed by atoms with Crippen molar-refractivity contribution in [1.82, 2.24) is 20.1 Å². The third-order valence-corrected chi connectivity index (χ3v) is 6.60. The molecule has 2 aromatic carbocycles. The molecule has 0 radical (unpaired) electrons. The first kappa shape index (κ1) is 29.3. The summed E-state index contributed by atoms with van der Waals surface area (Å²) in [5.41, 5.74) is 1.25. The number of aromatic nitrogens is 1. The first-order valence-electron chi connectivity index (χ1n) is 12.3. The molecule has 0 spiro atoms. The largest absolute Gasteiger partial charge is 0.489 e. The molecule has 2 heterocycles. The van der Waals surface area contributed by atoms with Crippen LogP contribution in [0.25, 0.3) is 10.9 Å². The van der Waals surface area contributed by atoms with Crippen molar-refractivity contribution in [3.05, 3.63) is 76.4 Å². The number of nitrogens with zero attached hydrogens (tertiary/aromatic N) is 2. The fraction of sp³-hybridized carbons (Fsp3) is 0.321. The van der Waals surface area contributed by atoms with Crippen molar-refractivity contribution >= 4 is 56.7 Å². The van der Waals surface area contributed by atoms with E-state index >= 15 is 0 Å². The third kappa shape index (κ3) is 7.85. The summed E-state index contributed by atoms with van der Waals surface area (Å²) in [6, 6.07) is 12.7. The lowest BCUT2D eigenvalue weighted by Gasteiger charge is -2.36. The van der Waals surface area contributed by atoms with E-state index in [0.717, 1.165) is 21.8 Å². The number of benzene rings is 2. The van der Waals surface area contributed by atoms with Gasteiger partial charge in [-0.25, -0.2) is 0 Å². The van der Waals surface area contributed by atoms with Crippen LogP contribution in [0.3, 0.4) is 0 Å². The minimum Gasteiger partial charge on any atom is -0.489 e. The zero-order valence-electron chi connectivity index (χ0n) is 21.5. The van der Waals surface area contributed by atoms with Gasteiger partial charge in [0.05, 0.1) is 18.2 Å². The molecule has 3 amide bonds. The molecule has 202 valence electrons. The zero-order chi connectivity index (χ0) is 27.7. The number of ether oxygens (including phenoxy) is 1. The number of hydrogen-bond donors (Lipinski definition) is 2. The second kappa shape index (κ2) is 14.0. The predicted octanol–water partition coefficient (Wildman–Crippen LogP) is 4.79. The van der Waals surface area contributed by atoms with E-state index in [1.54, 1.807) is 33.9 Å². The maximum absolute atomic E-state index is 13.1. The van der Waals surface area contributed by atoms with E-state index in [9.17, 15) is 14.4 Å². The van der Waals surface area contributed by atoms with Gasteiger partial charge < -0.3 is 24.8 Å². The standard InChI is InChI=1S/C25H26BrClN4O4.C3H6/c1-2-19(35-20-5-3-4-17(27)9-20)10-28-25(34)22-13-31(23-7-6-16(26)8-21(22)23)14-24(33)29-18-11-30(12-18)15-32;1-3-2/h3-9,13,15,18-19H,2,10-12,14H2,1H3,(H,28,34)(H,29,33);3H,1H2,2H3. The smallest absolute Gasteiger partial charge is 0.253 e. The molecule has 1 saturated heterocycles. The molecule has 0 bridgehead atoms. The van der Waals surface area contributed by atoms with Crippen LogP contribution in [0.4, 0.5) is 0 Å². The molecule has 38 heavy (non-hydrogen) atoms. The van der Waals surface area contributed by atoms with Crippen molar-refractivity contribution in [2.24, 2.45) is 0 Å². The lowest BCUT2D eigenvalue weighted by molar-refractivity contribution is -0.128. The first-order valence-corrected chi connectivity index (χ1v) is 13.5. The molecule has 0 aliphatic carbocycles. The number of likely N-dealkylation sites (tertiary alicyclic amines) is 1. The van der Waals surface area contributed by atoms with Gasteiger partial charge in [-0.2, -0.15) is 0 Å². The van der Waals surface area contributed by atoms with Gasteiger partial charge in [-0.05, 0) is 49.7 Å². The average molecular weight is 604 g/mol. The van der Waals surface area contributed by atoms with E-state index in [2.05, 4.69) is 33.1 Å². The average Bonchev–Trinajstić information content (AvgIpc) is 3.21. The summed E-state index contributed by atoms with van der Waals surface area (Å²) in [6.07, 6.45) is 4.69. The minimum absolute atomic E-state index is 0.0445. The summed E-state index contributed by atoms with van der Waals surface area (Å²) < 4.78 is 8.57. The Kier molecular flexibility index (Phi) is 10.8. The highest BCUT2D eigenvalue weighted by molar-refractivity contribution is 9.10. The molecule has 1 aliphatic rings. The quantitative estimate of drug-likeness (QED) is 0.257. The number of halogens is 2. The summed E-state index contributed by atoms with van der Waals surface area (Å²) in [6.45, 7) is 8.64. The van der Waals surface area contributed by atoms with Crippen LogP contribution in [-0.2, 0) is 16.1 Å². The zero-order valence-corrected chi connectivity index (χ0v) is 23.8. The monoisotopic (exact) mass is 602 g/mol. The van der Waals surface area contributed by atoms with Gasteiger partial charge in [0, 0.05) is 39.7 Å². The van der Waals surface area contributed by atoms with E-state index in [1.807, 2.05) is 44.2 Å². The van der Waals surface area contributed by atoms with Gasteiger partial charge in [-0.15, -0.1) is 6.58 Å². The summed E-state index contributed by atoms with van der Waals surface area (Å²) in [7, 11) is 0. The van der Waals surface area contributed by atoms with Crippen LogP contribution in [-0.4, -0.2) is 59.5 Å². The van der Waals surface area contributed by atoms with Gasteiger partial charge in [-0.3, -0.25) is 14.4 Å². The van der Waals surface area contributed by atoms with E-state index in [0.29, 0.717) is 42.4 Å². The third-order valence-electron chi connectivity index (χ3n) is 5.87. The highest BCUT2D eigenvalue weighted by Gasteiger charge is 2.27. The number of nitrogens with one attached hydrogen (secondary N) is 2. The molecule has 3 aromatic rings. The summed E-state index contributed by atoms with van der Waals surface area (Å²) in [5, 5.41) is 7.21. The topological polar surface area (TPSA) is 92.7 Å². The minimum atomic E-state index is -0.249. The second-order valence-electron chi connectivity index (χ2n) is 8.88. The number of carbonyl (C=O) groups excluding carboxylic acids is 3. The van der Waals surface area contributed by atoms with Crippen molar-refractivity contribution in [2.75, 3.05) is 19.6 Å². The van der Waals surface area contributed by atoms with Gasteiger partial charge in [0.25, 0.3) is 5.91 Å². The molecule has 0 saturated carbocycles. The van der Waals surface area contributed by atoms with Crippen LogP contribution in [0.1, 0.15) is 30.6 Å². The van der Waals surface area contributed by atoms with Crippen LogP contribution in [0.15, 0.2) is 65.8 Å². The number of amides is 3. The Balaban J connectivity index is 0.00000127. The van der Waals surface area contributed by atoms with Crippen molar-refractivity contribution < 1.29 is 19.1 Å². The molecule has 8 nitrogen and oxygen atoms in total. The highest BCUT2D eigenvalue weighted by Crippen LogP contribution is 2.26. The van der Waals surface area contributed by atoms with Crippen molar-refractivity contribution in [3.8, 4) is 5.75 Å². The first-order chi connectivity index (χ1) is 18.3. The number of hydrogen-bond acceptors (Lipinski definition) is 4. The van der Waals surface area contributed by atoms with Crippen molar-refractivity contribution in [3.63, 3.8) is 0 Å². The fourth-order valence-electron chi connectivity index (χ4n) is 4.00. The van der Waals surface area contributed by atoms with E-state index in [-0.39, 0.29) is 30.5 Å². The Labute approximate surface area is 236 Å². The molecule has 1 fully saturated rings. The number of allylic oxidation sites excluding steroid dienone is 1. The van der Waals surface area contributed by atoms with E-state index < -0.39 is 0 Å². The van der Waals surface area contributed by atoms with Crippen LogP contribution >= 0.6 is 27.5 Å². The van der Waals surface area contributed by atoms with Crippen LogP contribution in [0.2, 0.25) is 5.02 Å². The molecule has 1 aromatic heterocycles. The van der Waals surface area contributed by atoms with Gasteiger partial charge in [0.15, 0.2) is 0 Å². The Hall–Kier alpha value is -3.30. The van der Waals surface area contributed by atoms with Gasteiger partial charge in [0.1, 0.15) is 18.4 Å². The van der Waals surface area contributed by atoms with Gasteiger partial charge in [-0.1, -0.05) is 46.6 Å². The lowest BCUT2D eigenvalue weighted by Crippen LogP contribution is -2.58. The number of fused-ring (bicyclic) bond motifs is 1. The molecule has 1 aliphatic heterocycles. The number of carbonyl (C=O) groups is 3. The van der Waals surface area contributed by atoms with Crippen LogP contribution < -0.4 is 15.4 Å². The van der Waals surface area contributed by atoms with Crippen molar-refractivity contribution in [2.45, 2.75) is 39.0 Å². The van der Waals surface area contributed by atoms with Gasteiger partial charge in [0.2, 0.25) is 12.3 Å². The molecule has 10 heteroatoms. The van der Waals surface area contributed by atoms with E-state index in [4.69, 9.17) is 16.3 Å². The van der Waals surface area contributed by atoms with Crippen LogP contribution in [0.5, 0.6) is 5.75 Å². The Morgan fingerprint density at radius 1 is 1.26 bits per heavy atom. The normalized spacial score (nSPS) is 13.5. The maximum atomic E-state index is 13.1. The molecular weight excluding hydrogens is 572 g/mol. The molecule has 1 atom stereocenters. The summed E-state index contributed by atoms with van der Waals surface area (Å²) >= 11 is 9.51. The Morgan fingerprint density at radius 2 is 2.00 bits per heavy atom. The SMILES string of the molecule is C=CC.CCC(CNC(=O)c1cn(CC(=O)NC2CN(C=O)C2)c2ccc(Br)cc12)Oc1cccc(Cl)c1. The molecular formula is C28H32BrClN4O4. The maximum Gasteiger partial charge on any atom is 0.253 e. The summed E-state index contributed by atoms with van der Waals surface area (Å²) in [4.78, 5) is 38.0. The number of rotatable bonds is 10. The van der Waals surface area contributed by atoms with Crippen LogP contribution in [0, 0.1) is 0 Å². The highest BCUT2D eigenvalue weighted by atomic mass is 79.9. The Bertz CT molecular complexity index is 1290. The molecule has 2 N–H and O–H groups in total. The molecule has 1 unspecified atom stereocenters. The molecule has 4 rings (SSSR count). The van der Waals surface area contributed by atoms with E-state index in [1.165, 1.54) is 0 Å². The van der Waals surface area contributed by atoms with Gasteiger partial charge >= 0.3 is 0 Å². The second-order valence-corrected chi connectivity index (χ2v) is 10.2. The summed E-state index contributed by atoms with van der Waals surface area (Å²) in [5.74, 6) is 0.224. The predicted molar refractivity (Wildman–Crippen MR) is 154 cm³/mol. The fourth-order valence-corrected chi connectivity index (χ4v) is 4.54. The van der Waals surface area contributed by atoms with Crippen molar-refractivity contribution in [1.29, 1.82) is 0 Å². The lowest BCUT2D eigenvalue weighted by atomic mass is 10.1.